The second-order valence-electron chi connectivity index (χ2n) is 4.95. The Hall–Kier alpha value is -1.80. The van der Waals surface area contributed by atoms with Crippen molar-refractivity contribution in [2.45, 2.75) is 30.5 Å². The standard InChI is InChI=1S/C13H16N4O3S/c18-21(19,10-8-12-7-4-9-20-12)13-14-15-16-17(13)11-5-2-1-3-6-11/h1-3,5-6,12H,4,7-10H2. The van der Waals surface area contributed by atoms with Crippen LogP contribution in [0, 0.1) is 0 Å². The number of benzene rings is 1. The molecule has 0 bridgehead atoms. The normalized spacial score (nSPS) is 19.0. The molecular formula is C13H16N4O3S. The third kappa shape index (κ3) is 3.11. The van der Waals surface area contributed by atoms with Crippen LogP contribution in [0.2, 0.25) is 0 Å². The van der Waals surface area contributed by atoms with Crippen LogP contribution < -0.4 is 0 Å². The van der Waals surface area contributed by atoms with Gasteiger partial charge in [0.2, 0.25) is 9.84 Å². The fourth-order valence-corrected chi connectivity index (χ4v) is 3.68. The molecule has 2 aromatic rings. The molecule has 0 N–H and O–H groups in total. The highest BCUT2D eigenvalue weighted by Gasteiger charge is 2.26. The van der Waals surface area contributed by atoms with Crippen molar-refractivity contribution in [3.63, 3.8) is 0 Å². The predicted octanol–water partition coefficient (Wildman–Crippen LogP) is 1.01. The number of nitrogens with zero attached hydrogens (tertiary/aromatic N) is 4. The average molecular weight is 308 g/mol. The van der Waals surface area contributed by atoms with E-state index in [-0.39, 0.29) is 17.0 Å². The van der Waals surface area contributed by atoms with Gasteiger partial charge >= 0.3 is 0 Å². The monoisotopic (exact) mass is 308 g/mol. The Bertz CT molecular complexity index is 693. The molecule has 0 spiro atoms. The molecule has 0 amide bonds. The summed E-state index contributed by atoms with van der Waals surface area (Å²) < 4.78 is 31.6. The highest BCUT2D eigenvalue weighted by molar-refractivity contribution is 7.91. The van der Waals surface area contributed by atoms with E-state index in [4.69, 9.17) is 4.74 Å². The molecule has 3 rings (SSSR count). The summed E-state index contributed by atoms with van der Waals surface area (Å²) in [6.45, 7) is 0.715. The molecule has 1 aliphatic heterocycles. The van der Waals surface area contributed by atoms with Crippen molar-refractivity contribution in [2.75, 3.05) is 12.4 Å². The predicted molar refractivity (Wildman–Crippen MR) is 74.8 cm³/mol. The molecule has 21 heavy (non-hydrogen) atoms. The summed E-state index contributed by atoms with van der Waals surface area (Å²) in [4.78, 5) is 0. The van der Waals surface area contributed by atoms with E-state index < -0.39 is 9.84 Å². The second kappa shape index (κ2) is 5.90. The van der Waals surface area contributed by atoms with E-state index in [1.54, 1.807) is 24.3 Å². The number of tetrazole rings is 1. The van der Waals surface area contributed by atoms with Crippen molar-refractivity contribution >= 4 is 9.84 Å². The van der Waals surface area contributed by atoms with Crippen molar-refractivity contribution in [3.8, 4) is 5.69 Å². The zero-order chi connectivity index (χ0) is 14.7. The summed E-state index contributed by atoms with van der Waals surface area (Å²) in [7, 11) is -3.54. The van der Waals surface area contributed by atoms with Gasteiger partial charge in [-0.3, -0.25) is 0 Å². The van der Waals surface area contributed by atoms with Gasteiger partial charge in [-0.1, -0.05) is 23.3 Å². The highest BCUT2D eigenvalue weighted by atomic mass is 32.2. The number of sulfone groups is 1. The van der Waals surface area contributed by atoms with Crippen molar-refractivity contribution in [3.05, 3.63) is 30.3 Å². The van der Waals surface area contributed by atoms with Gasteiger partial charge in [0.05, 0.1) is 17.5 Å². The van der Waals surface area contributed by atoms with Crippen LogP contribution in [0.4, 0.5) is 0 Å². The number of aromatic nitrogens is 4. The van der Waals surface area contributed by atoms with Crippen molar-refractivity contribution in [1.29, 1.82) is 0 Å². The van der Waals surface area contributed by atoms with E-state index in [1.807, 2.05) is 6.07 Å². The Morgan fingerprint density at radius 1 is 1.29 bits per heavy atom. The Balaban J connectivity index is 1.81. The molecule has 7 nitrogen and oxygen atoms in total. The largest absolute Gasteiger partial charge is 0.378 e. The van der Waals surface area contributed by atoms with Crippen LogP contribution in [0.5, 0.6) is 0 Å². The summed E-state index contributed by atoms with van der Waals surface area (Å²) in [5.41, 5.74) is 0.623. The van der Waals surface area contributed by atoms with Gasteiger partial charge in [-0.15, -0.1) is 0 Å². The van der Waals surface area contributed by atoms with E-state index in [9.17, 15) is 8.42 Å². The van der Waals surface area contributed by atoms with Gasteiger partial charge in [0.1, 0.15) is 0 Å². The van der Waals surface area contributed by atoms with Gasteiger partial charge in [-0.05, 0) is 41.8 Å². The number of para-hydroxylation sites is 1. The number of hydrogen-bond donors (Lipinski definition) is 0. The van der Waals surface area contributed by atoms with Gasteiger partial charge in [0.25, 0.3) is 5.16 Å². The van der Waals surface area contributed by atoms with Gasteiger partial charge in [-0.2, -0.15) is 4.68 Å². The van der Waals surface area contributed by atoms with E-state index >= 15 is 0 Å². The van der Waals surface area contributed by atoms with Gasteiger partial charge in [-0.25, -0.2) is 8.42 Å². The maximum absolute atomic E-state index is 12.4. The SMILES string of the molecule is O=S(=O)(CCC1CCCO1)c1nnnn1-c1ccccc1. The van der Waals surface area contributed by atoms with Crippen LogP contribution in [0.25, 0.3) is 5.69 Å². The van der Waals surface area contributed by atoms with Crippen molar-refractivity contribution in [2.24, 2.45) is 0 Å². The maximum Gasteiger partial charge on any atom is 0.272 e. The van der Waals surface area contributed by atoms with Gasteiger partial charge in [0, 0.05) is 6.61 Å². The summed E-state index contributed by atoms with van der Waals surface area (Å²) >= 11 is 0. The molecule has 1 atom stereocenters. The molecular weight excluding hydrogens is 292 g/mol. The lowest BCUT2D eigenvalue weighted by Gasteiger charge is -2.09. The molecule has 1 aromatic heterocycles. The van der Waals surface area contributed by atoms with Crippen LogP contribution >= 0.6 is 0 Å². The minimum absolute atomic E-state index is 0.00905. The minimum Gasteiger partial charge on any atom is -0.378 e. The smallest absolute Gasteiger partial charge is 0.272 e. The molecule has 0 saturated carbocycles. The van der Waals surface area contributed by atoms with Crippen LogP contribution in [0.3, 0.4) is 0 Å². The summed E-state index contributed by atoms with van der Waals surface area (Å²) in [5, 5.41) is 10.8. The first-order valence-corrected chi connectivity index (χ1v) is 8.50. The molecule has 1 fully saturated rings. The van der Waals surface area contributed by atoms with Gasteiger partial charge < -0.3 is 4.74 Å². The zero-order valence-electron chi connectivity index (χ0n) is 11.4. The molecule has 1 saturated heterocycles. The first-order chi connectivity index (χ1) is 10.2. The van der Waals surface area contributed by atoms with E-state index in [0.717, 1.165) is 12.8 Å². The molecule has 1 aromatic carbocycles. The van der Waals surface area contributed by atoms with Gasteiger partial charge in [0.15, 0.2) is 0 Å². The third-order valence-electron chi connectivity index (χ3n) is 3.45. The summed E-state index contributed by atoms with van der Waals surface area (Å²) in [6, 6.07) is 8.98. The van der Waals surface area contributed by atoms with E-state index in [0.29, 0.717) is 18.7 Å². The molecule has 1 unspecified atom stereocenters. The zero-order valence-corrected chi connectivity index (χ0v) is 12.2. The Labute approximate surface area is 122 Å². The molecule has 1 aliphatic rings. The van der Waals surface area contributed by atoms with Crippen LogP contribution in [0.1, 0.15) is 19.3 Å². The topological polar surface area (TPSA) is 87.0 Å². The minimum atomic E-state index is -3.54. The van der Waals surface area contributed by atoms with Crippen LogP contribution in [-0.4, -0.2) is 47.1 Å². The first-order valence-electron chi connectivity index (χ1n) is 6.85. The number of hydrogen-bond acceptors (Lipinski definition) is 6. The fourth-order valence-electron chi connectivity index (χ4n) is 2.35. The lowest BCUT2D eigenvalue weighted by molar-refractivity contribution is 0.109. The van der Waals surface area contributed by atoms with Crippen molar-refractivity contribution in [1.82, 2.24) is 20.2 Å². The number of ether oxygens (including phenoxy) is 1. The highest BCUT2D eigenvalue weighted by Crippen LogP contribution is 2.19. The summed E-state index contributed by atoms with van der Waals surface area (Å²) in [5.74, 6) is -0.00905. The Morgan fingerprint density at radius 2 is 2.10 bits per heavy atom. The summed E-state index contributed by atoms with van der Waals surface area (Å²) in [6.07, 6.45) is 2.41. The quantitative estimate of drug-likeness (QED) is 0.819. The lowest BCUT2D eigenvalue weighted by Crippen LogP contribution is -2.18. The number of rotatable bonds is 5. The van der Waals surface area contributed by atoms with Crippen molar-refractivity contribution < 1.29 is 13.2 Å². The average Bonchev–Trinajstić information content (AvgIpc) is 3.18. The van der Waals surface area contributed by atoms with E-state index in [2.05, 4.69) is 15.5 Å². The first kappa shape index (κ1) is 14.2. The third-order valence-corrected chi connectivity index (χ3v) is 5.04. The Morgan fingerprint density at radius 3 is 2.81 bits per heavy atom. The van der Waals surface area contributed by atoms with E-state index in [1.165, 1.54) is 4.68 Å². The molecule has 0 aliphatic carbocycles. The fraction of sp³-hybridized carbons (Fsp3) is 0.462. The lowest BCUT2D eigenvalue weighted by atomic mass is 10.2. The molecule has 2 heterocycles. The molecule has 0 radical (unpaired) electrons. The van der Waals surface area contributed by atoms with Crippen LogP contribution in [-0.2, 0) is 14.6 Å². The second-order valence-corrected chi connectivity index (χ2v) is 6.95. The molecule has 8 heteroatoms. The Kier molecular flexibility index (Phi) is 3.98. The van der Waals surface area contributed by atoms with Crippen LogP contribution in [0.15, 0.2) is 35.5 Å². The molecule has 112 valence electrons. The maximum atomic E-state index is 12.4.